The maximum Gasteiger partial charge on any atom is 0.257 e. The summed E-state index contributed by atoms with van der Waals surface area (Å²) in [6, 6.07) is 9.10. The van der Waals surface area contributed by atoms with Gasteiger partial charge in [-0.05, 0) is 36.4 Å². The highest BCUT2D eigenvalue weighted by Gasteiger charge is 2.24. The van der Waals surface area contributed by atoms with Crippen LogP contribution >= 0.6 is 11.8 Å². The predicted molar refractivity (Wildman–Crippen MR) is 103 cm³/mol. The number of carbonyl (C=O) groups is 1. The molecule has 26 heavy (non-hydrogen) atoms. The van der Waals surface area contributed by atoms with E-state index >= 15 is 0 Å². The fourth-order valence-corrected chi connectivity index (χ4v) is 4.03. The summed E-state index contributed by atoms with van der Waals surface area (Å²) in [4.78, 5) is 14.1. The van der Waals surface area contributed by atoms with Gasteiger partial charge in [-0.25, -0.2) is 8.78 Å². The van der Waals surface area contributed by atoms with Crippen LogP contribution in [-0.2, 0) is 4.79 Å². The number of nitrogens with zero attached hydrogens (tertiary/aromatic N) is 1. The van der Waals surface area contributed by atoms with E-state index in [1.54, 1.807) is 18.2 Å². The van der Waals surface area contributed by atoms with Gasteiger partial charge in [0.15, 0.2) is 0 Å². The summed E-state index contributed by atoms with van der Waals surface area (Å²) in [6.07, 6.45) is 1.52. The van der Waals surface area contributed by atoms with Crippen molar-refractivity contribution in [2.75, 3.05) is 40.1 Å². The Morgan fingerprint density at radius 3 is 2.69 bits per heavy atom. The molecule has 0 radical (unpaired) electrons. The van der Waals surface area contributed by atoms with Crippen LogP contribution in [0.1, 0.15) is 5.56 Å². The number of carbonyl (C=O) groups excluding carboxylic acids is 1. The average molecular weight is 373 g/mol. The molecule has 0 unspecified atom stereocenters. The number of benzene rings is 2. The molecule has 0 bridgehead atoms. The Morgan fingerprint density at radius 1 is 1.12 bits per heavy atom. The van der Waals surface area contributed by atoms with Crippen LogP contribution in [0.4, 0.5) is 25.8 Å². The van der Waals surface area contributed by atoms with E-state index in [1.807, 2.05) is 16.7 Å². The number of rotatable bonds is 3. The summed E-state index contributed by atoms with van der Waals surface area (Å²) in [5, 5.41) is 5.58. The van der Waals surface area contributed by atoms with Crippen LogP contribution in [0.15, 0.2) is 42.6 Å². The van der Waals surface area contributed by atoms with Crippen molar-refractivity contribution in [1.29, 1.82) is 0 Å². The first kappa shape index (κ1) is 16.9. The van der Waals surface area contributed by atoms with E-state index in [-0.39, 0.29) is 11.7 Å². The number of anilines is 3. The first-order valence-electron chi connectivity index (χ1n) is 8.32. The van der Waals surface area contributed by atoms with Crippen LogP contribution in [0.2, 0.25) is 0 Å². The molecule has 1 fully saturated rings. The van der Waals surface area contributed by atoms with Gasteiger partial charge in [-0.1, -0.05) is 0 Å². The third-order valence-electron chi connectivity index (χ3n) is 4.45. The van der Waals surface area contributed by atoms with E-state index in [0.717, 1.165) is 24.6 Å². The number of hydrogen-bond acceptors (Lipinski definition) is 4. The lowest BCUT2D eigenvalue weighted by molar-refractivity contribution is -0.110. The summed E-state index contributed by atoms with van der Waals surface area (Å²) >= 11 is 1.87. The highest BCUT2D eigenvalue weighted by Crippen LogP contribution is 2.32. The van der Waals surface area contributed by atoms with Gasteiger partial charge in [-0.2, -0.15) is 11.8 Å². The van der Waals surface area contributed by atoms with Gasteiger partial charge >= 0.3 is 0 Å². The molecule has 2 aromatic rings. The van der Waals surface area contributed by atoms with Gasteiger partial charge in [-0.3, -0.25) is 4.79 Å². The van der Waals surface area contributed by atoms with E-state index in [2.05, 4.69) is 10.6 Å². The SMILES string of the molecule is O=C1Nc2cc(F)ccc2C1=CNc1ccc(N2CCSCC2)c(F)c1. The Morgan fingerprint density at radius 2 is 1.92 bits per heavy atom. The maximum absolute atomic E-state index is 14.5. The molecule has 1 saturated heterocycles. The molecule has 2 N–H and O–H groups in total. The Balaban J connectivity index is 1.54. The molecule has 4 rings (SSSR count). The van der Waals surface area contributed by atoms with E-state index in [0.29, 0.717) is 28.2 Å². The standard InChI is InChI=1S/C19H17F2N3OS/c20-12-1-3-14-15(19(25)23-17(14)9-12)11-22-13-2-4-18(16(21)10-13)24-5-7-26-8-6-24/h1-4,9-11,22H,5-8H2,(H,23,25). The molecule has 1 amide bonds. The summed E-state index contributed by atoms with van der Waals surface area (Å²) < 4.78 is 27.7. The van der Waals surface area contributed by atoms with Crippen LogP contribution in [0.3, 0.4) is 0 Å². The number of amides is 1. The number of nitrogens with one attached hydrogen (secondary N) is 2. The third kappa shape index (κ3) is 3.26. The van der Waals surface area contributed by atoms with Crippen LogP contribution < -0.4 is 15.5 Å². The summed E-state index contributed by atoms with van der Waals surface area (Å²) in [6.45, 7) is 1.68. The van der Waals surface area contributed by atoms with Gasteiger partial charge in [0.1, 0.15) is 11.6 Å². The minimum Gasteiger partial charge on any atom is -0.368 e. The topological polar surface area (TPSA) is 44.4 Å². The molecule has 2 aliphatic heterocycles. The molecule has 2 aromatic carbocycles. The molecule has 0 aliphatic carbocycles. The predicted octanol–water partition coefficient (Wildman–Crippen LogP) is 3.92. The van der Waals surface area contributed by atoms with E-state index in [4.69, 9.17) is 0 Å². The second kappa shape index (κ2) is 6.99. The molecule has 0 atom stereocenters. The van der Waals surface area contributed by atoms with Crippen molar-refractivity contribution in [2.24, 2.45) is 0 Å². The minimum absolute atomic E-state index is 0.293. The minimum atomic E-state index is -0.410. The maximum atomic E-state index is 14.5. The van der Waals surface area contributed by atoms with Crippen molar-refractivity contribution in [2.45, 2.75) is 0 Å². The molecule has 0 saturated carbocycles. The van der Waals surface area contributed by atoms with Crippen molar-refractivity contribution < 1.29 is 13.6 Å². The monoisotopic (exact) mass is 373 g/mol. The van der Waals surface area contributed by atoms with Gasteiger partial charge in [0.25, 0.3) is 5.91 Å². The molecule has 134 valence electrons. The Kier molecular flexibility index (Phi) is 4.55. The van der Waals surface area contributed by atoms with Crippen LogP contribution in [0, 0.1) is 11.6 Å². The van der Waals surface area contributed by atoms with Crippen LogP contribution in [-0.4, -0.2) is 30.5 Å². The lowest BCUT2D eigenvalue weighted by Crippen LogP contribution is -2.33. The average Bonchev–Trinajstić information content (AvgIpc) is 2.95. The Labute approximate surface area is 154 Å². The second-order valence-corrected chi connectivity index (χ2v) is 7.34. The number of fused-ring (bicyclic) bond motifs is 1. The van der Waals surface area contributed by atoms with Gasteiger partial charge in [-0.15, -0.1) is 0 Å². The number of hydrogen-bond donors (Lipinski definition) is 2. The largest absolute Gasteiger partial charge is 0.368 e. The molecule has 2 aliphatic rings. The highest BCUT2D eigenvalue weighted by molar-refractivity contribution is 7.99. The fraction of sp³-hybridized carbons (Fsp3) is 0.211. The normalized spacial score (nSPS) is 18.0. The van der Waals surface area contributed by atoms with Crippen LogP contribution in [0.25, 0.3) is 5.57 Å². The Bertz CT molecular complexity index is 894. The zero-order valence-corrected chi connectivity index (χ0v) is 14.7. The van der Waals surface area contributed by atoms with E-state index in [9.17, 15) is 13.6 Å². The summed E-state index contributed by atoms with van der Waals surface area (Å²) in [5.41, 5.74) is 2.59. The highest BCUT2D eigenvalue weighted by atomic mass is 32.2. The third-order valence-corrected chi connectivity index (χ3v) is 5.39. The van der Waals surface area contributed by atoms with Crippen molar-refractivity contribution in [3.63, 3.8) is 0 Å². The van der Waals surface area contributed by atoms with Gasteiger partial charge in [0.05, 0.1) is 16.9 Å². The quantitative estimate of drug-likeness (QED) is 0.801. The van der Waals surface area contributed by atoms with Gasteiger partial charge < -0.3 is 15.5 Å². The first-order valence-corrected chi connectivity index (χ1v) is 9.47. The molecule has 0 spiro atoms. The second-order valence-electron chi connectivity index (χ2n) is 6.11. The lowest BCUT2D eigenvalue weighted by Gasteiger charge is -2.28. The van der Waals surface area contributed by atoms with Gasteiger partial charge in [0.2, 0.25) is 0 Å². The fourth-order valence-electron chi connectivity index (χ4n) is 3.12. The summed E-state index contributed by atoms with van der Waals surface area (Å²) in [5.74, 6) is 0.980. The zero-order valence-electron chi connectivity index (χ0n) is 13.9. The number of thioether (sulfide) groups is 1. The molecule has 7 heteroatoms. The first-order chi connectivity index (χ1) is 12.6. The van der Waals surface area contributed by atoms with Crippen molar-refractivity contribution in [1.82, 2.24) is 0 Å². The summed E-state index contributed by atoms with van der Waals surface area (Å²) in [7, 11) is 0. The smallest absolute Gasteiger partial charge is 0.257 e. The van der Waals surface area contributed by atoms with Crippen molar-refractivity contribution in [3.8, 4) is 0 Å². The molecular weight excluding hydrogens is 356 g/mol. The van der Waals surface area contributed by atoms with Crippen molar-refractivity contribution >= 4 is 40.3 Å². The zero-order chi connectivity index (χ0) is 18.1. The van der Waals surface area contributed by atoms with E-state index < -0.39 is 5.82 Å². The van der Waals surface area contributed by atoms with Crippen LogP contribution in [0.5, 0.6) is 0 Å². The van der Waals surface area contributed by atoms with Crippen molar-refractivity contribution in [3.05, 3.63) is 59.8 Å². The Hall–Kier alpha value is -2.54. The molecule has 4 nitrogen and oxygen atoms in total. The number of halogens is 2. The molecular formula is C19H17F2N3OS. The molecule has 2 heterocycles. The van der Waals surface area contributed by atoms with Gasteiger partial charge in [0, 0.05) is 42.0 Å². The van der Waals surface area contributed by atoms with E-state index in [1.165, 1.54) is 24.4 Å². The lowest BCUT2D eigenvalue weighted by atomic mass is 10.1. The molecule has 0 aromatic heterocycles.